The molecule has 0 unspecified atom stereocenters. The monoisotopic (exact) mass is 403 g/mol. The van der Waals surface area contributed by atoms with Crippen molar-refractivity contribution in [1.29, 1.82) is 0 Å². The SMILES string of the molecule is NS(=O)(=O)c1cccc(N2C[C@@H](C(=O)NCCOc3ccccc3)CC2=O)c1. The van der Waals surface area contributed by atoms with Gasteiger partial charge in [0.2, 0.25) is 21.8 Å². The smallest absolute Gasteiger partial charge is 0.238 e. The van der Waals surface area contributed by atoms with Gasteiger partial charge in [-0.25, -0.2) is 13.6 Å². The van der Waals surface area contributed by atoms with E-state index in [1.54, 1.807) is 6.07 Å². The molecular weight excluding hydrogens is 382 g/mol. The first-order chi connectivity index (χ1) is 13.3. The fourth-order valence-electron chi connectivity index (χ4n) is 2.97. The summed E-state index contributed by atoms with van der Waals surface area (Å²) in [7, 11) is -3.87. The number of hydrogen-bond acceptors (Lipinski definition) is 5. The van der Waals surface area contributed by atoms with Crippen molar-refractivity contribution in [2.45, 2.75) is 11.3 Å². The molecule has 1 fully saturated rings. The fourth-order valence-corrected chi connectivity index (χ4v) is 3.52. The van der Waals surface area contributed by atoms with E-state index in [-0.39, 0.29) is 29.7 Å². The number of ether oxygens (including phenoxy) is 1. The number of nitrogens with one attached hydrogen (secondary N) is 1. The molecule has 3 N–H and O–H groups in total. The number of benzene rings is 2. The minimum absolute atomic E-state index is 0.0605. The molecule has 2 aromatic carbocycles. The Kier molecular flexibility index (Phi) is 5.96. The van der Waals surface area contributed by atoms with E-state index < -0.39 is 15.9 Å². The van der Waals surface area contributed by atoms with E-state index in [0.717, 1.165) is 0 Å². The molecule has 0 saturated carbocycles. The van der Waals surface area contributed by atoms with Crippen LogP contribution in [0.15, 0.2) is 59.5 Å². The van der Waals surface area contributed by atoms with Gasteiger partial charge in [-0.05, 0) is 30.3 Å². The molecule has 8 nitrogen and oxygen atoms in total. The van der Waals surface area contributed by atoms with E-state index >= 15 is 0 Å². The maximum absolute atomic E-state index is 12.3. The van der Waals surface area contributed by atoms with Crippen LogP contribution in [-0.2, 0) is 19.6 Å². The van der Waals surface area contributed by atoms with Crippen molar-refractivity contribution >= 4 is 27.5 Å². The molecule has 1 saturated heterocycles. The standard InChI is InChI=1S/C19H21N3O5S/c20-28(25,26)17-8-4-5-15(12-17)22-13-14(11-18(22)23)19(24)21-9-10-27-16-6-2-1-3-7-16/h1-8,12,14H,9-11,13H2,(H,21,24)(H2,20,25,26)/t14-/m0/s1. The molecule has 148 valence electrons. The Balaban J connectivity index is 1.54. The third kappa shape index (κ3) is 4.87. The quantitative estimate of drug-likeness (QED) is 0.665. The van der Waals surface area contributed by atoms with Crippen LogP contribution in [0.25, 0.3) is 0 Å². The zero-order valence-corrected chi connectivity index (χ0v) is 15.9. The van der Waals surface area contributed by atoms with Crippen LogP contribution in [0.3, 0.4) is 0 Å². The van der Waals surface area contributed by atoms with Crippen LogP contribution in [0.2, 0.25) is 0 Å². The van der Waals surface area contributed by atoms with Crippen molar-refractivity contribution < 1.29 is 22.7 Å². The van der Waals surface area contributed by atoms with Gasteiger partial charge in [0.1, 0.15) is 12.4 Å². The topological polar surface area (TPSA) is 119 Å². The molecule has 2 aromatic rings. The van der Waals surface area contributed by atoms with Gasteiger partial charge in [-0.3, -0.25) is 9.59 Å². The molecular formula is C19H21N3O5S. The highest BCUT2D eigenvalue weighted by Gasteiger charge is 2.35. The third-order valence-electron chi connectivity index (χ3n) is 4.37. The Labute approximate surface area is 163 Å². The second-order valence-electron chi connectivity index (χ2n) is 6.40. The Hall–Kier alpha value is -2.91. The number of sulfonamides is 1. The largest absolute Gasteiger partial charge is 0.492 e. The molecule has 9 heteroatoms. The van der Waals surface area contributed by atoms with Crippen LogP contribution in [0.4, 0.5) is 5.69 Å². The van der Waals surface area contributed by atoms with Gasteiger partial charge in [-0.15, -0.1) is 0 Å². The highest BCUT2D eigenvalue weighted by atomic mass is 32.2. The highest BCUT2D eigenvalue weighted by Crippen LogP contribution is 2.26. The minimum Gasteiger partial charge on any atom is -0.492 e. The summed E-state index contributed by atoms with van der Waals surface area (Å²) in [6.07, 6.45) is 0.0605. The van der Waals surface area contributed by atoms with E-state index in [1.807, 2.05) is 30.3 Å². The van der Waals surface area contributed by atoms with Crippen LogP contribution >= 0.6 is 0 Å². The van der Waals surface area contributed by atoms with E-state index in [4.69, 9.17) is 9.88 Å². The zero-order valence-electron chi connectivity index (χ0n) is 15.1. The third-order valence-corrected chi connectivity index (χ3v) is 5.28. The van der Waals surface area contributed by atoms with Crippen LogP contribution in [0.1, 0.15) is 6.42 Å². The van der Waals surface area contributed by atoms with Crippen LogP contribution in [-0.4, -0.2) is 39.9 Å². The molecule has 28 heavy (non-hydrogen) atoms. The van der Waals surface area contributed by atoms with Gasteiger partial charge in [0, 0.05) is 18.7 Å². The molecule has 0 aromatic heterocycles. The number of amides is 2. The van der Waals surface area contributed by atoms with Crippen molar-refractivity contribution in [3.63, 3.8) is 0 Å². The molecule has 0 bridgehead atoms. The van der Waals surface area contributed by atoms with E-state index in [0.29, 0.717) is 24.6 Å². The molecule has 1 aliphatic heterocycles. The Morgan fingerprint density at radius 1 is 1.18 bits per heavy atom. The van der Waals surface area contributed by atoms with Crippen molar-refractivity contribution in [3.8, 4) is 5.75 Å². The first-order valence-corrected chi connectivity index (χ1v) is 10.3. The van der Waals surface area contributed by atoms with Crippen LogP contribution in [0.5, 0.6) is 5.75 Å². The zero-order chi connectivity index (χ0) is 20.1. The number of anilines is 1. The lowest BCUT2D eigenvalue weighted by atomic mass is 10.1. The van der Waals surface area contributed by atoms with Gasteiger partial charge < -0.3 is 15.0 Å². The highest BCUT2D eigenvalue weighted by molar-refractivity contribution is 7.89. The summed E-state index contributed by atoms with van der Waals surface area (Å²) in [6, 6.07) is 15.1. The molecule has 0 spiro atoms. The summed E-state index contributed by atoms with van der Waals surface area (Å²) < 4.78 is 28.5. The first-order valence-electron chi connectivity index (χ1n) is 8.73. The summed E-state index contributed by atoms with van der Waals surface area (Å²) >= 11 is 0. The summed E-state index contributed by atoms with van der Waals surface area (Å²) in [5.74, 6) is -0.279. The van der Waals surface area contributed by atoms with Crippen LogP contribution < -0.4 is 20.1 Å². The van der Waals surface area contributed by atoms with Gasteiger partial charge in [-0.1, -0.05) is 24.3 Å². The van der Waals surface area contributed by atoms with Gasteiger partial charge in [-0.2, -0.15) is 0 Å². The number of nitrogens with two attached hydrogens (primary N) is 1. The lowest BCUT2D eigenvalue weighted by Crippen LogP contribution is -2.35. The second kappa shape index (κ2) is 8.41. The number of hydrogen-bond donors (Lipinski definition) is 2. The van der Waals surface area contributed by atoms with Gasteiger partial charge in [0.05, 0.1) is 17.4 Å². The van der Waals surface area contributed by atoms with Crippen LogP contribution in [0, 0.1) is 5.92 Å². The van der Waals surface area contributed by atoms with E-state index in [1.165, 1.54) is 23.1 Å². The predicted molar refractivity (Wildman–Crippen MR) is 103 cm³/mol. The summed E-state index contributed by atoms with van der Waals surface area (Å²) in [5.41, 5.74) is 0.402. The summed E-state index contributed by atoms with van der Waals surface area (Å²) in [4.78, 5) is 26.0. The van der Waals surface area contributed by atoms with Gasteiger partial charge in [0.25, 0.3) is 0 Å². The lowest BCUT2D eigenvalue weighted by molar-refractivity contribution is -0.126. The average molecular weight is 403 g/mol. The molecule has 1 aliphatic rings. The number of nitrogens with zero attached hydrogens (tertiary/aromatic N) is 1. The number of para-hydroxylation sites is 1. The van der Waals surface area contributed by atoms with Crippen molar-refractivity contribution in [1.82, 2.24) is 5.32 Å². The van der Waals surface area contributed by atoms with Gasteiger partial charge in [0.15, 0.2) is 0 Å². The maximum atomic E-state index is 12.3. The number of carbonyl (C=O) groups excluding carboxylic acids is 2. The van der Waals surface area contributed by atoms with Crippen molar-refractivity contribution in [2.75, 3.05) is 24.6 Å². The maximum Gasteiger partial charge on any atom is 0.238 e. The van der Waals surface area contributed by atoms with E-state index in [9.17, 15) is 18.0 Å². The first kappa shape index (κ1) is 19.8. The Morgan fingerprint density at radius 2 is 1.93 bits per heavy atom. The molecule has 2 amide bonds. The number of rotatable bonds is 7. The lowest BCUT2D eigenvalue weighted by Gasteiger charge is -2.17. The summed E-state index contributed by atoms with van der Waals surface area (Å²) in [6.45, 7) is 0.814. The van der Waals surface area contributed by atoms with Gasteiger partial charge >= 0.3 is 0 Å². The fraction of sp³-hybridized carbons (Fsp3) is 0.263. The minimum atomic E-state index is -3.87. The normalized spacial score (nSPS) is 16.8. The number of carbonyl (C=O) groups is 2. The Bertz CT molecular complexity index is 963. The summed E-state index contributed by atoms with van der Waals surface area (Å²) in [5, 5.41) is 7.90. The van der Waals surface area contributed by atoms with Crippen molar-refractivity contribution in [3.05, 3.63) is 54.6 Å². The average Bonchev–Trinajstić information content (AvgIpc) is 3.07. The molecule has 0 radical (unpaired) electrons. The molecule has 1 atom stereocenters. The van der Waals surface area contributed by atoms with E-state index in [2.05, 4.69) is 5.32 Å². The Morgan fingerprint density at radius 3 is 2.64 bits per heavy atom. The second-order valence-corrected chi connectivity index (χ2v) is 7.96. The predicted octanol–water partition coefficient (Wildman–Crippen LogP) is 0.882. The molecule has 0 aliphatic carbocycles. The number of primary sulfonamides is 1. The molecule has 1 heterocycles. The molecule has 3 rings (SSSR count). The van der Waals surface area contributed by atoms with Crippen molar-refractivity contribution in [2.24, 2.45) is 11.1 Å².